The molecule has 5 heteroatoms. The zero-order chi connectivity index (χ0) is 26.9. The maximum atomic E-state index is 12.2. The Labute approximate surface area is 226 Å². The molecule has 0 fully saturated rings. The molecule has 1 heterocycles. The molecule has 0 aromatic heterocycles. The first-order valence-corrected chi connectivity index (χ1v) is 12.7. The molecule has 2 N–H and O–H groups in total. The van der Waals surface area contributed by atoms with Crippen LogP contribution in [-0.2, 0) is 0 Å². The number of hydrogen-bond donors (Lipinski definition) is 2. The molecule has 0 unspecified atom stereocenters. The van der Waals surface area contributed by atoms with Crippen molar-refractivity contribution in [3.05, 3.63) is 131 Å². The van der Waals surface area contributed by atoms with E-state index in [1.54, 1.807) is 12.1 Å². The second kappa shape index (κ2) is 9.95. The number of anilines is 2. The summed E-state index contributed by atoms with van der Waals surface area (Å²) in [6.07, 6.45) is 0. The number of nitrogens with one attached hydrogen (secondary N) is 1. The van der Waals surface area contributed by atoms with Crippen LogP contribution in [0.1, 0.15) is 21.5 Å². The summed E-state index contributed by atoms with van der Waals surface area (Å²) in [6, 6.07) is 34.9. The quantitative estimate of drug-likeness (QED) is 0.228. The number of aryl methyl sites for hydroxylation is 2. The topological polar surface area (TPSA) is 74.8 Å². The third kappa shape index (κ3) is 4.66. The van der Waals surface area contributed by atoms with Gasteiger partial charge in [-0.05, 0) is 73.0 Å². The van der Waals surface area contributed by atoms with Gasteiger partial charge in [0, 0.05) is 40.0 Å². The monoisotopic (exact) mass is 510 g/mol. The van der Waals surface area contributed by atoms with Crippen LogP contribution in [0.5, 0.6) is 0 Å². The number of nitrogens with zero attached hydrogens (tertiary/aromatic N) is 1. The van der Waals surface area contributed by atoms with Gasteiger partial charge in [0.1, 0.15) is 11.3 Å². The summed E-state index contributed by atoms with van der Waals surface area (Å²) in [7, 11) is 0. The number of benzene rings is 5. The largest absolute Gasteiger partial charge is 0.478 e. The predicted molar refractivity (Wildman–Crippen MR) is 156 cm³/mol. The maximum absolute atomic E-state index is 12.2. The number of carboxylic acid groups (broad SMARTS) is 1. The number of rotatable bonds is 5. The predicted octanol–water partition coefficient (Wildman–Crippen LogP) is 8.50. The maximum Gasteiger partial charge on any atom is 0.336 e. The SMILES string of the molecule is Cc1ccccc1N=c1ccc2c(-c3ccccc3C(=O)O)c3ccc(Nc4ccccc4C)cc3oc-2c1. The van der Waals surface area contributed by atoms with E-state index in [1.165, 1.54) is 0 Å². The van der Waals surface area contributed by atoms with E-state index in [0.717, 1.165) is 50.1 Å². The van der Waals surface area contributed by atoms with E-state index in [-0.39, 0.29) is 5.56 Å². The fourth-order valence-corrected chi connectivity index (χ4v) is 4.90. The van der Waals surface area contributed by atoms with Crippen LogP contribution in [-0.4, -0.2) is 11.1 Å². The van der Waals surface area contributed by atoms with Crippen molar-refractivity contribution in [2.45, 2.75) is 13.8 Å². The standard InChI is InChI=1S/C34H26N2O3/c1-21-9-3-7-13-29(21)35-23-15-17-27-31(19-23)39-32-20-24(36-30-14-8-4-10-22(30)2)16-18-28(32)33(27)25-11-5-6-12-26(25)34(37)38/h3-20,35H,1-2H3,(H,37,38). The highest BCUT2D eigenvalue weighted by Crippen LogP contribution is 2.42. The molecule has 0 atom stereocenters. The fourth-order valence-electron chi connectivity index (χ4n) is 4.90. The number of carbonyl (C=O) groups is 1. The van der Waals surface area contributed by atoms with Gasteiger partial charge in [-0.3, -0.25) is 0 Å². The van der Waals surface area contributed by atoms with E-state index in [9.17, 15) is 9.90 Å². The Morgan fingerprint density at radius 2 is 1.51 bits per heavy atom. The number of para-hydroxylation sites is 2. The summed E-state index contributed by atoms with van der Waals surface area (Å²) in [5.74, 6) is -0.350. The number of fused-ring (bicyclic) bond motifs is 2. The lowest BCUT2D eigenvalue weighted by molar-refractivity contribution is 0.0697. The van der Waals surface area contributed by atoms with Gasteiger partial charge in [-0.25, -0.2) is 9.79 Å². The van der Waals surface area contributed by atoms with Gasteiger partial charge in [-0.15, -0.1) is 0 Å². The molecule has 0 bridgehead atoms. The van der Waals surface area contributed by atoms with E-state index >= 15 is 0 Å². The third-order valence-electron chi connectivity index (χ3n) is 6.92. The Balaban J connectivity index is 1.61. The van der Waals surface area contributed by atoms with Crippen molar-refractivity contribution in [3.63, 3.8) is 0 Å². The van der Waals surface area contributed by atoms with Crippen LogP contribution in [0.4, 0.5) is 17.1 Å². The Bertz CT molecular complexity index is 1900. The second-order valence-corrected chi connectivity index (χ2v) is 9.56. The van der Waals surface area contributed by atoms with Crippen LogP contribution < -0.4 is 10.7 Å². The summed E-state index contributed by atoms with van der Waals surface area (Å²) < 4.78 is 6.48. The molecular formula is C34H26N2O3. The second-order valence-electron chi connectivity index (χ2n) is 9.56. The minimum absolute atomic E-state index is 0.238. The molecule has 4 aromatic carbocycles. The number of carboxylic acids is 1. The minimum Gasteiger partial charge on any atom is -0.478 e. The van der Waals surface area contributed by atoms with E-state index < -0.39 is 5.97 Å². The van der Waals surface area contributed by atoms with Crippen LogP contribution in [0.3, 0.4) is 0 Å². The van der Waals surface area contributed by atoms with Gasteiger partial charge in [0.15, 0.2) is 0 Å². The summed E-state index contributed by atoms with van der Waals surface area (Å²) in [5, 5.41) is 15.1. The molecule has 1 aliphatic carbocycles. The van der Waals surface area contributed by atoms with Gasteiger partial charge >= 0.3 is 5.97 Å². The Hall–Kier alpha value is -5.16. The van der Waals surface area contributed by atoms with Crippen molar-refractivity contribution in [1.82, 2.24) is 0 Å². The van der Waals surface area contributed by atoms with Gasteiger partial charge < -0.3 is 14.8 Å². The molecule has 0 saturated heterocycles. The van der Waals surface area contributed by atoms with E-state index in [4.69, 9.17) is 9.41 Å². The van der Waals surface area contributed by atoms with Crippen molar-refractivity contribution in [2.75, 3.05) is 5.32 Å². The van der Waals surface area contributed by atoms with Crippen LogP contribution in [0.15, 0.2) is 119 Å². The summed E-state index contributed by atoms with van der Waals surface area (Å²) >= 11 is 0. The van der Waals surface area contributed by atoms with Crippen LogP contribution in [0, 0.1) is 13.8 Å². The van der Waals surface area contributed by atoms with Crippen LogP contribution >= 0.6 is 0 Å². The lowest BCUT2D eigenvalue weighted by Gasteiger charge is -2.18. The molecule has 5 nitrogen and oxygen atoms in total. The molecular weight excluding hydrogens is 484 g/mol. The zero-order valence-electron chi connectivity index (χ0n) is 21.6. The molecule has 190 valence electrons. The van der Waals surface area contributed by atoms with Crippen LogP contribution in [0.2, 0.25) is 0 Å². The Morgan fingerprint density at radius 3 is 2.31 bits per heavy atom. The van der Waals surface area contributed by atoms with Crippen molar-refractivity contribution < 1.29 is 14.3 Å². The Morgan fingerprint density at radius 1 is 0.769 bits per heavy atom. The third-order valence-corrected chi connectivity index (χ3v) is 6.92. The summed E-state index contributed by atoms with van der Waals surface area (Å²) in [6.45, 7) is 4.09. The molecule has 1 aliphatic heterocycles. The molecule has 0 radical (unpaired) electrons. The van der Waals surface area contributed by atoms with Gasteiger partial charge in [0.2, 0.25) is 0 Å². The lowest BCUT2D eigenvalue weighted by atomic mass is 9.90. The summed E-state index contributed by atoms with van der Waals surface area (Å²) in [4.78, 5) is 17.0. The first-order chi connectivity index (χ1) is 19.0. The number of hydrogen-bond acceptors (Lipinski definition) is 4. The minimum atomic E-state index is -0.975. The fraction of sp³-hybridized carbons (Fsp3) is 0.0588. The molecule has 0 spiro atoms. The van der Waals surface area contributed by atoms with Crippen molar-refractivity contribution in [3.8, 4) is 22.5 Å². The van der Waals surface area contributed by atoms with Gasteiger partial charge in [0.05, 0.1) is 16.6 Å². The van der Waals surface area contributed by atoms with E-state index in [0.29, 0.717) is 16.9 Å². The normalized spacial score (nSPS) is 11.7. The molecule has 6 rings (SSSR count). The van der Waals surface area contributed by atoms with Gasteiger partial charge in [-0.1, -0.05) is 54.6 Å². The average Bonchev–Trinajstić information content (AvgIpc) is 2.94. The highest BCUT2D eigenvalue weighted by atomic mass is 16.4. The zero-order valence-corrected chi connectivity index (χ0v) is 21.6. The van der Waals surface area contributed by atoms with Gasteiger partial charge in [-0.2, -0.15) is 0 Å². The van der Waals surface area contributed by atoms with Gasteiger partial charge in [0.25, 0.3) is 0 Å². The van der Waals surface area contributed by atoms with Crippen molar-refractivity contribution in [2.24, 2.45) is 4.99 Å². The average molecular weight is 511 g/mol. The smallest absolute Gasteiger partial charge is 0.336 e. The Kier molecular flexibility index (Phi) is 6.17. The van der Waals surface area contributed by atoms with Crippen molar-refractivity contribution in [1.29, 1.82) is 0 Å². The van der Waals surface area contributed by atoms with Crippen LogP contribution in [0.25, 0.3) is 33.4 Å². The van der Waals surface area contributed by atoms with Crippen molar-refractivity contribution >= 4 is 34.0 Å². The number of aromatic carboxylic acids is 1. The first-order valence-electron chi connectivity index (χ1n) is 12.7. The molecule has 0 amide bonds. The highest BCUT2D eigenvalue weighted by Gasteiger charge is 2.21. The molecule has 4 aromatic rings. The van der Waals surface area contributed by atoms with E-state index in [1.807, 2.05) is 97.9 Å². The first kappa shape index (κ1) is 24.2. The summed E-state index contributed by atoms with van der Waals surface area (Å²) in [5.41, 5.74) is 8.13. The highest BCUT2D eigenvalue weighted by molar-refractivity contribution is 6.07. The van der Waals surface area contributed by atoms with E-state index in [2.05, 4.69) is 18.3 Å². The molecule has 39 heavy (non-hydrogen) atoms. The molecule has 2 aliphatic rings. The molecule has 0 saturated carbocycles. The lowest BCUT2D eigenvalue weighted by Crippen LogP contribution is -2.04.